The Bertz CT molecular complexity index is 1380. The summed E-state index contributed by atoms with van der Waals surface area (Å²) in [6.45, 7) is -0.266. The van der Waals surface area contributed by atoms with E-state index in [9.17, 15) is 26.4 Å². The number of aliphatic carboxylic acids is 1. The Morgan fingerprint density at radius 3 is 2.46 bits per heavy atom. The molecule has 1 unspecified atom stereocenters. The molecule has 0 amide bonds. The van der Waals surface area contributed by atoms with Crippen LogP contribution < -0.4 is 9.04 Å². The molecular weight excluding hydrogens is 507 g/mol. The van der Waals surface area contributed by atoms with Gasteiger partial charge in [-0.05, 0) is 60.0 Å². The normalized spacial score (nSPS) is 15.9. The Labute approximate surface area is 204 Å². The van der Waals surface area contributed by atoms with Crippen molar-refractivity contribution in [2.24, 2.45) is 0 Å². The van der Waals surface area contributed by atoms with Crippen molar-refractivity contribution in [2.45, 2.75) is 30.0 Å². The number of sulfonamides is 1. The number of halogens is 4. The molecule has 3 aromatic rings. The van der Waals surface area contributed by atoms with Gasteiger partial charge in [0.1, 0.15) is 11.9 Å². The van der Waals surface area contributed by atoms with Gasteiger partial charge in [-0.25, -0.2) is 8.42 Å². The molecule has 4 rings (SSSR count). The molecule has 1 atom stereocenters. The second-order valence-corrected chi connectivity index (χ2v) is 10.2. The summed E-state index contributed by atoms with van der Waals surface area (Å²) in [7, 11) is -4.46. The number of ether oxygens (including phenoxy) is 1. The van der Waals surface area contributed by atoms with Gasteiger partial charge in [0, 0.05) is 11.4 Å². The molecule has 0 saturated heterocycles. The van der Waals surface area contributed by atoms with Crippen molar-refractivity contribution in [1.82, 2.24) is 0 Å². The maximum atomic E-state index is 13.6. The van der Waals surface area contributed by atoms with Crippen molar-refractivity contribution in [3.8, 4) is 16.9 Å². The Balaban J connectivity index is 1.81. The van der Waals surface area contributed by atoms with Crippen LogP contribution in [0.3, 0.4) is 0 Å². The summed E-state index contributed by atoms with van der Waals surface area (Å²) < 4.78 is 73.8. The zero-order chi connectivity index (χ0) is 25.4. The average molecular weight is 526 g/mol. The van der Waals surface area contributed by atoms with Crippen molar-refractivity contribution >= 4 is 33.3 Å². The molecule has 11 heteroatoms. The average Bonchev–Trinajstić information content (AvgIpc) is 2.81. The maximum Gasteiger partial charge on any atom is 0.416 e. The van der Waals surface area contributed by atoms with Crippen molar-refractivity contribution in [3.05, 3.63) is 77.3 Å². The Morgan fingerprint density at radius 1 is 1.06 bits per heavy atom. The summed E-state index contributed by atoms with van der Waals surface area (Å²) in [5.74, 6) is -0.907. The van der Waals surface area contributed by atoms with Gasteiger partial charge in [0.25, 0.3) is 10.0 Å². The Morgan fingerprint density at radius 2 is 1.77 bits per heavy atom. The maximum absolute atomic E-state index is 13.6. The van der Waals surface area contributed by atoms with Crippen molar-refractivity contribution in [1.29, 1.82) is 0 Å². The highest BCUT2D eigenvalue weighted by molar-refractivity contribution is 7.92. The number of carboxylic acids is 1. The lowest BCUT2D eigenvalue weighted by atomic mass is 10.0. The number of carbonyl (C=O) groups is 1. The van der Waals surface area contributed by atoms with E-state index in [0.29, 0.717) is 22.2 Å². The zero-order valence-electron chi connectivity index (χ0n) is 18.0. The first kappa shape index (κ1) is 24.9. The number of hydrogen-bond donors (Lipinski definition) is 1. The van der Waals surface area contributed by atoms with E-state index in [0.717, 1.165) is 22.5 Å². The summed E-state index contributed by atoms with van der Waals surface area (Å²) in [4.78, 5) is 10.5. The minimum absolute atomic E-state index is 0.0133. The van der Waals surface area contributed by atoms with Crippen LogP contribution in [0.1, 0.15) is 18.4 Å². The Kier molecular flexibility index (Phi) is 6.70. The molecule has 3 aromatic carbocycles. The third-order valence-corrected chi connectivity index (χ3v) is 7.49. The Hall–Kier alpha value is -3.24. The van der Waals surface area contributed by atoms with Crippen LogP contribution in [0.5, 0.6) is 5.75 Å². The second kappa shape index (κ2) is 9.43. The first-order valence-electron chi connectivity index (χ1n) is 10.4. The number of carboxylic acid groups (broad SMARTS) is 1. The predicted molar refractivity (Wildman–Crippen MR) is 124 cm³/mol. The SMILES string of the molecule is O=C(O)CCC1CN(S(=O)(=O)c2cccc(C(F)(F)F)c2)c2cc(-c3cccc(Cl)c3)ccc2O1. The molecule has 6 nitrogen and oxygen atoms in total. The highest BCUT2D eigenvalue weighted by atomic mass is 35.5. The van der Waals surface area contributed by atoms with Gasteiger partial charge in [-0.15, -0.1) is 0 Å². The van der Waals surface area contributed by atoms with Crippen LogP contribution in [0.15, 0.2) is 71.6 Å². The second-order valence-electron chi connectivity index (χ2n) is 7.93. The van der Waals surface area contributed by atoms with E-state index >= 15 is 0 Å². The number of nitrogens with zero attached hydrogens (tertiary/aromatic N) is 1. The van der Waals surface area contributed by atoms with E-state index in [1.165, 1.54) is 0 Å². The fourth-order valence-electron chi connectivity index (χ4n) is 3.78. The first-order valence-corrected chi connectivity index (χ1v) is 12.3. The van der Waals surface area contributed by atoms with Crippen molar-refractivity contribution in [3.63, 3.8) is 0 Å². The van der Waals surface area contributed by atoms with Gasteiger partial charge in [0.15, 0.2) is 0 Å². The van der Waals surface area contributed by atoms with Gasteiger partial charge >= 0.3 is 12.1 Å². The number of anilines is 1. The van der Waals surface area contributed by atoms with E-state index in [1.807, 2.05) is 0 Å². The third-order valence-electron chi connectivity index (χ3n) is 5.48. The number of alkyl halides is 3. The van der Waals surface area contributed by atoms with Crippen molar-refractivity contribution < 1.29 is 36.2 Å². The van der Waals surface area contributed by atoms with E-state index in [4.69, 9.17) is 21.4 Å². The van der Waals surface area contributed by atoms with Crippen LogP contribution >= 0.6 is 11.6 Å². The lowest BCUT2D eigenvalue weighted by molar-refractivity contribution is -0.138. The van der Waals surface area contributed by atoms with Crippen LogP contribution in [0.25, 0.3) is 11.1 Å². The lowest BCUT2D eigenvalue weighted by Gasteiger charge is -2.36. The largest absolute Gasteiger partial charge is 0.486 e. The van der Waals surface area contributed by atoms with E-state index in [-0.39, 0.29) is 30.8 Å². The van der Waals surface area contributed by atoms with Crippen LogP contribution in [-0.4, -0.2) is 32.1 Å². The smallest absolute Gasteiger partial charge is 0.416 e. The summed E-state index contributed by atoms with van der Waals surface area (Å²) in [6.07, 6.45) is -5.79. The molecular formula is C24H19ClF3NO5S. The van der Waals surface area contributed by atoms with Crippen LogP contribution in [0, 0.1) is 0 Å². The monoisotopic (exact) mass is 525 g/mol. The van der Waals surface area contributed by atoms with Gasteiger partial charge in [-0.2, -0.15) is 13.2 Å². The molecule has 0 saturated carbocycles. The molecule has 0 aromatic heterocycles. The fourth-order valence-corrected chi connectivity index (χ4v) is 5.52. The minimum Gasteiger partial charge on any atom is -0.486 e. The lowest BCUT2D eigenvalue weighted by Crippen LogP contribution is -2.43. The summed E-state index contributed by atoms with van der Waals surface area (Å²) in [6, 6.07) is 15.2. The minimum atomic E-state index is -4.72. The molecule has 1 N–H and O–H groups in total. The topological polar surface area (TPSA) is 83.9 Å². The molecule has 0 spiro atoms. The van der Waals surface area contributed by atoms with Gasteiger partial charge in [0.2, 0.25) is 0 Å². The van der Waals surface area contributed by atoms with Crippen molar-refractivity contribution in [2.75, 3.05) is 10.8 Å². The van der Waals surface area contributed by atoms with Crippen LogP contribution in [0.4, 0.5) is 18.9 Å². The first-order chi connectivity index (χ1) is 16.4. The number of fused-ring (bicyclic) bond motifs is 1. The summed E-state index contributed by atoms with van der Waals surface area (Å²) in [5, 5.41) is 9.50. The molecule has 0 fully saturated rings. The molecule has 0 aliphatic carbocycles. The quantitative estimate of drug-likeness (QED) is 0.436. The zero-order valence-corrected chi connectivity index (χ0v) is 19.6. The van der Waals surface area contributed by atoms with E-state index < -0.39 is 38.7 Å². The van der Waals surface area contributed by atoms with E-state index in [1.54, 1.807) is 42.5 Å². The summed E-state index contributed by atoms with van der Waals surface area (Å²) >= 11 is 6.08. The van der Waals surface area contributed by atoms with Crippen LogP contribution in [0.2, 0.25) is 5.02 Å². The standard InChI is InChI=1S/C24H19ClF3NO5S/c25-18-5-1-3-15(11-18)16-7-9-22-21(12-16)29(14-19(34-22)8-10-23(30)31)35(32,33)20-6-2-4-17(13-20)24(26,27)28/h1-7,9,11-13,19H,8,10,14H2,(H,30,31). The predicted octanol–water partition coefficient (Wildman–Crippen LogP) is 5.85. The van der Waals surface area contributed by atoms with Gasteiger partial charge in [-0.1, -0.05) is 35.9 Å². The van der Waals surface area contributed by atoms with Gasteiger partial charge in [-0.3, -0.25) is 9.10 Å². The number of rotatable bonds is 6. The highest BCUT2D eigenvalue weighted by Gasteiger charge is 2.37. The number of benzene rings is 3. The molecule has 1 heterocycles. The molecule has 1 aliphatic heterocycles. The molecule has 0 bridgehead atoms. The van der Waals surface area contributed by atoms with Gasteiger partial charge in [0.05, 0.1) is 22.7 Å². The van der Waals surface area contributed by atoms with E-state index in [2.05, 4.69) is 0 Å². The fraction of sp³-hybridized carbons (Fsp3) is 0.208. The molecule has 1 aliphatic rings. The molecule has 35 heavy (non-hydrogen) atoms. The molecule has 0 radical (unpaired) electrons. The summed E-state index contributed by atoms with van der Waals surface area (Å²) in [5.41, 5.74) is 0.349. The molecule has 184 valence electrons. The number of hydrogen-bond acceptors (Lipinski definition) is 4. The highest BCUT2D eigenvalue weighted by Crippen LogP contribution is 2.41. The third kappa shape index (κ3) is 5.38. The van der Waals surface area contributed by atoms with Crippen LogP contribution in [-0.2, 0) is 21.0 Å². The van der Waals surface area contributed by atoms with Gasteiger partial charge < -0.3 is 9.84 Å².